The van der Waals surface area contributed by atoms with Crippen molar-refractivity contribution in [2.45, 2.75) is 45.2 Å². The molecule has 1 atom stereocenters. The van der Waals surface area contributed by atoms with Crippen molar-refractivity contribution in [3.8, 4) is 5.88 Å². The van der Waals surface area contributed by atoms with Gasteiger partial charge in [0.2, 0.25) is 18.1 Å². The van der Waals surface area contributed by atoms with Gasteiger partial charge >= 0.3 is 12.0 Å². The van der Waals surface area contributed by atoms with Gasteiger partial charge < -0.3 is 19.3 Å². The number of nitrogens with zero attached hydrogens (tertiary/aromatic N) is 4. The van der Waals surface area contributed by atoms with Crippen molar-refractivity contribution < 1.29 is 28.8 Å². The quantitative estimate of drug-likeness (QED) is 0.284. The summed E-state index contributed by atoms with van der Waals surface area (Å²) < 4.78 is 10.3. The Morgan fingerprint density at radius 1 is 1.32 bits per heavy atom. The number of nitrogens with one attached hydrogen (secondary N) is 1. The fourth-order valence-electron chi connectivity index (χ4n) is 3.35. The van der Waals surface area contributed by atoms with Gasteiger partial charge in [0, 0.05) is 18.1 Å². The number of hydrogen-bond acceptors (Lipinski definition) is 7. The van der Waals surface area contributed by atoms with E-state index in [2.05, 4.69) is 10.5 Å². The summed E-state index contributed by atoms with van der Waals surface area (Å²) in [6.07, 6.45) is 15.0. The van der Waals surface area contributed by atoms with Crippen LogP contribution in [-0.2, 0) is 4.79 Å². The fraction of sp³-hybridized carbons (Fsp3) is 0.346. The van der Waals surface area contributed by atoms with Crippen LogP contribution in [0.3, 0.4) is 0 Å². The summed E-state index contributed by atoms with van der Waals surface area (Å²) in [4.78, 5) is 43.5. The second kappa shape index (κ2) is 13.4. The number of amides is 3. The predicted octanol–water partition coefficient (Wildman–Crippen LogP) is 4.23. The number of carbonyl (C=O) groups excluding carboxylic acids is 2. The van der Waals surface area contributed by atoms with Crippen LogP contribution in [0.25, 0.3) is 0 Å². The molecule has 0 spiro atoms. The third kappa shape index (κ3) is 8.20. The Labute approximate surface area is 225 Å². The van der Waals surface area contributed by atoms with Crippen molar-refractivity contribution in [2.24, 2.45) is 4.99 Å². The molecule has 2 aliphatic carbocycles. The van der Waals surface area contributed by atoms with E-state index in [1.54, 1.807) is 31.4 Å². The van der Waals surface area contributed by atoms with Gasteiger partial charge in [0.15, 0.2) is 0 Å². The lowest BCUT2D eigenvalue weighted by Gasteiger charge is -2.26. The normalized spacial score (nSPS) is 17.6. The third-order valence-corrected chi connectivity index (χ3v) is 6.00. The first-order valence-electron chi connectivity index (χ1n) is 12.0. The molecule has 3 rings (SSSR count). The average molecular weight is 544 g/mol. The zero-order valence-electron chi connectivity index (χ0n) is 21.3. The van der Waals surface area contributed by atoms with Crippen LogP contribution in [0.2, 0.25) is 0 Å². The van der Waals surface area contributed by atoms with Gasteiger partial charge in [-0.25, -0.2) is 14.6 Å². The van der Waals surface area contributed by atoms with E-state index in [4.69, 9.17) is 31.0 Å². The van der Waals surface area contributed by atoms with E-state index in [0.29, 0.717) is 36.5 Å². The number of urea groups is 1. The number of carboxylic acids is 1. The molecule has 3 amide bonds. The van der Waals surface area contributed by atoms with Crippen LogP contribution in [-0.4, -0.2) is 70.1 Å². The smallest absolute Gasteiger partial charge is 0.374 e. The van der Waals surface area contributed by atoms with E-state index in [1.165, 1.54) is 15.9 Å². The minimum atomic E-state index is -1.25. The molecular formula is C26H30ClN5O6. The number of carboxylic acid groups (broad SMARTS) is 1. The van der Waals surface area contributed by atoms with E-state index in [0.717, 1.165) is 5.57 Å². The summed E-state index contributed by atoms with van der Waals surface area (Å²) in [6.45, 7) is 3.94. The highest BCUT2D eigenvalue weighted by Gasteiger charge is 2.21. The van der Waals surface area contributed by atoms with Crippen LogP contribution in [0, 0.1) is 0 Å². The number of aromatic nitrogens is 1. The molecule has 1 heterocycles. The number of aliphatic imine (C=N–C) groups is 1. The number of allylic oxidation sites excluding steroid dienone is 6. The molecule has 2 N–H and O–H groups in total. The molecule has 202 valence electrons. The lowest BCUT2D eigenvalue weighted by molar-refractivity contribution is -0.114. The van der Waals surface area contributed by atoms with Crippen molar-refractivity contribution in [2.75, 3.05) is 13.6 Å². The molecule has 12 heteroatoms. The maximum absolute atomic E-state index is 12.9. The van der Waals surface area contributed by atoms with E-state index in [1.807, 2.05) is 32.1 Å². The Hall–Kier alpha value is -4.12. The van der Waals surface area contributed by atoms with Crippen molar-refractivity contribution in [1.82, 2.24) is 20.3 Å². The van der Waals surface area contributed by atoms with Crippen LogP contribution < -0.4 is 10.1 Å². The van der Waals surface area contributed by atoms with Crippen LogP contribution >= 0.6 is 11.6 Å². The fourth-order valence-corrected chi connectivity index (χ4v) is 3.51. The number of hydrogen-bond donors (Lipinski definition) is 2. The summed E-state index contributed by atoms with van der Waals surface area (Å²) >= 11 is 6.09. The topological polar surface area (TPSA) is 138 Å². The van der Waals surface area contributed by atoms with E-state index < -0.39 is 18.0 Å². The minimum Gasteiger partial charge on any atom is -0.475 e. The molecule has 0 bridgehead atoms. The standard InChI is InChI=1S/C26H30ClN5O6/c1-17(2)31(3)26(36)29-25(32(16-33)15-18-6-4-7-19(27)11-10-18)28-20-8-5-9-21(13-12-20)37-23-14-22(24(34)35)38-30-23/h6-7,9-14,16-17,20H,4-5,8,15H2,1-3H3,(H,34,35)(H,28,29,36). The molecule has 0 aromatic carbocycles. The molecule has 0 saturated heterocycles. The van der Waals surface area contributed by atoms with E-state index in [-0.39, 0.29) is 30.2 Å². The van der Waals surface area contributed by atoms with Gasteiger partial charge in [0.1, 0.15) is 5.76 Å². The maximum atomic E-state index is 12.9. The molecule has 1 unspecified atom stereocenters. The number of halogens is 1. The Morgan fingerprint density at radius 3 is 2.79 bits per heavy atom. The van der Waals surface area contributed by atoms with Gasteiger partial charge in [0.25, 0.3) is 5.88 Å². The first kappa shape index (κ1) is 28.5. The van der Waals surface area contributed by atoms with Crippen molar-refractivity contribution in [3.63, 3.8) is 0 Å². The zero-order valence-corrected chi connectivity index (χ0v) is 22.1. The number of guanidine groups is 1. The summed E-state index contributed by atoms with van der Waals surface area (Å²) in [5.74, 6) is -1.03. The monoisotopic (exact) mass is 543 g/mol. The molecule has 0 saturated carbocycles. The number of carbonyl (C=O) groups is 3. The lowest BCUT2D eigenvalue weighted by Crippen LogP contribution is -2.50. The van der Waals surface area contributed by atoms with Crippen molar-refractivity contribution in [3.05, 3.63) is 70.7 Å². The molecule has 0 radical (unpaired) electrons. The Kier molecular flexibility index (Phi) is 10.1. The first-order chi connectivity index (χ1) is 18.2. The predicted molar refractivity (Wildman–Crippen MR) is 142 cm³/mol. The first-order valence-corrected chi connectivity index (χ1v) is 12.4. The number of ether oxygens (including phenoxy) is 1. The Bertz CT molecular complexity index is 1230. The largest absolute Gasteiger partial charge is 0.475 e. The zero-order chi connectivity index (χ0) is 27.7. The molecule has 11 nitrogen and oxygen atoms in total. The number of rotatable bonds is 8. The van der Waals surface area contributed by atoms with Gasteiger partial charge in [-0.2, -0.15) is 0 Å². The van der Waals surface area contributed by atoms with E-state index in [9.17, 15) is 14.4 Å². The number of aromatic carboxylic acids is 1. The molecule has 0 aliphatic heterocycles. The van der Waals surface area contributed by atoms with Gasteiger partial charge in [0.05, 0.1) is 18.7 Å². The van der Waals surface area contributed by atoms with Crippen molar-refractivity contribution >= 4 is 36.0 Å². The Balaban J connectivity index is 1.80. The molecule has 38 heavy (non-hydrogen) atoms. The second-order valence-corrected chi connectivity index (χ2v) is 9.24. The molecular weight excluding hydrogens is 514 g/mol. The third-order valence-electron chi connectivity index (χ3n) is 5.72. The van der Waals surface area contributed by atoms with Gasteiger partial charge in [-0.3, -0.25) is 15.0 Å². The van der Waals surface area contributed by atoms with Gasteiger partial charge in [-0.15, -0.1) is 0 Å². The van der Waals surface area contributed by atoms with Gasteiger partial charge in [-0.1, -0.05) is 35.9 Å². The van der Waals surface area contributed by atoms with E-state index >= 15 is 0 Å². The maximum Gasteiger partial charge on any atom is 0.374 e. The second-order valence-electron chi connectivity index (χ2n) is 8.80. The highest BCUT2D eigenvalue weighted by molar-refractivity contribution is 6.31. The molecule has 1 aromatic heterocycles. The van der Waals surface area contributed by atoms with Crippen molar-refractivity contribution in [1.29, 1.82) is 0 Å². The van der Waals surface area contributed by atoms with Crippen LogP contribution in [0.15, 0.2) is 74.5 Å². The summed E-state index contributed by atoms with van der Waals surface area (Å²) in [5, 5.41) is 16.0. The Morgan fingerprint density at radius 2 is 2.11 bits per heavy atom. The molecule has 0 fully saturated rings. The average Bonchev–Trinajstić information content (AvgIpc) is 3.11. The highest BCUT2D eigenvalue weighted by atomic mass is 35.5. The van der Waals surface area contributed by atoms with Gasteiger partial charge in [-0.05, 0) is 62.1 Å². The highest BCUT2D eigenvalue weighted by Crippen LogP contribution is 2.20. The summed E-state index contributed by atoms with van der Waals surface area (Å²) in [7, 11) is 1.66. The SMILES string of the molecule is CC(C)N(C)C(=O)NC(=NC1C=CC(Oc2cc(C(=O)O)on2)=CCC1)N(C=O)CC1=CCC=C(Cl)C=C1. The summed E-state index contributed by atoms with van der Waals surface area (Å²) in [6, 6.07) is 0.316. The lowest BCUT2D eigenvalue weighted by atomic mass is 10.2. The minimum absolute atomic E-state index is 0.0105. The van der Waals surface area contributed by atoms with Crippen LogP contribution in [0.4, 0.5) is 4.79 Å². The van der Waals surface area contributed by atoms with Crippen LogP contribution in [0.5, 0.6) is 5.88 Å². The summed E-state index contributed by atoms with van der Waals surface area (Å²) in [5.41, 5.74) is 0.838. The molecule has 1 aromatic rings. The van der Waals surface area contributed by atoms with Crippen LogP contribution in [0.1, 0.15) is 43.7 Å². The molecule has 2 aliphatic rings.